The molecule has 2 heterocycles. The topological polar surface area (TPSA) is 74.7 Å². The fraction of sp³-hybridized carbons (Fsp3) is 0.923. The fourth-order valence-corrected chi connectivity index (χ4v) is 7.16. The monoisotopic (exact) mass is 319 g/mol. The highest BCUT2D eigenvalue weighted by atomic mass is 32.2. The van der Waals surface area contributed by atoms with Crippen molar-refractivity contribution in [2.45, 2.75) is 30.6 Å². The zero-order valence-corrected chi connectivity index (χ0v) is 13.0. The lowest BCUT2D eigenvalue weighted by atomic mass is 10.00. The molecule has 7 heteroatoms. The van der Waals surface area contributed by atoms with Gasteiger partial charge in [-0.2, -0.15) is 0 Å². The smallest absolute Gasteiger partial charge is 0.232 e. The van der Waals surface area contributed by atoms with E-state index in [1.165, 1.54) is 11.8 Å². The molecule has 3 rings (SSSR count). The highest BCUT2D eigenvalue weighted by molar-refractivity contribution is 8.02. The van der Waals surface area contributed by atoms with Crippen LogP contribution in [0.3, 0.4) is 0 Å². The number of thioether (sulfide) groups is 1. The van der Waals surface area contributed by atoms with Gasteiger partial charge in [-0.15, -0.1) is 11.8 Å². The van der Waals surface area contributed by atoms with E-state index in [4.69, 9.17) is 0 Å². The highest BCUT2D eigenvalue weighted by Crippen LogP contribution is 2.38. The number of aliphatic hydroxyl groups excluding tert-OH is 1. The summed E-state index contributed by atoms with van der Waals surface area (Å²) >= 11 is 1.48. The molecule has 5 nitrogen and oxygen atoms in total. The first-order valence-electron chi connectivity index (χ1n) is 7.22. The van der Waals surface area contributed by atoms with Crippen LogP contribution in [0.5, 0.6) is 0 Å². The molecule has 0 aromatic carbocycles. The van der Waals surface area contributed by atoms with Crippen LogP contribution in [0.25, 0.3) is 0 Å². The predicted molar refractivity (Wildman–Crippen MR) is 78.3 cm³/mol. The Labute approximate surface area is 124 Å². The first-order valence-corrected chi connectivity index (χ1v) is 10.1. The molecule has 1 aliphatic carbocycles. The minimum atomic E-state index is -2.86. The van der Waals surface area contributed by atoms with Gasteiger partial charge >= 0.3 is 0 Å². The lowest BCUT2D eigenvalue weighted by Crippen LogP contribution is -2.32. The van der Waals surface area contributed by atoms with E-state index in [1.807, 2.05) is 4.90 Å². The zero-order chi connectivity index (χ0) is 14.3. The second kappa shape index (κ2) is 5.50. The van der Waals surface area contributed by atoms with Gasteiger partial charge in [-0.3, -0.25) is 4.79 Å². The van der Waals surface area contributed by atoms with E-state index in [1.54, 1.807) is 0 Å². The molecule has 114 valence electrons. The number of carbonyl (C=O) groups excluding carboxylic acids is 1. The molecular weight excluding hydrogens is 298 g/mol. The Morgan fingerprint density at radius 1 is 1.25 bits per heavy atom. The van der Waals surface area contributed by atoms with Gasteiger partial charge < -0.3 is 10.0 Å². The Morgan fingerprint density at radius 3 is 2.70 bits per heavy atom. The number of likely N-dealkylation sites (tertiary alicyclic amines) is 1. The van der Waals surface area contributed by atoms with Crippen LogP contribution in [0.2, 0.25) is 0 Å². The first-order chi connectivity index (χ1) is 9.44. The summed E-state index contributed by atoms with van der Waals surface area (Å²) in [6.45, 7) is 1.44. The molecule has 0 bridgehead atoms. The summed E-state index contributed by atoms with van der Waals surface area (Å²) < 4.78 is 22.7. The van der Waals surface area contributed by atoms with Crippen molar-refractivity contribution in [3.05, 3.63) is 0 Å². The number of fused-ring (bicyclic) bond motifs is 1. The molecule has 1 N–H and O–H groups in total. The van der Waals surface area contributed by atoms with Crippen molar-refractivity contribution in [2.24, 2.45) is 11.8 Å². The molecule has 0 radical (unpaired) electrons. The third-order valence-electron chi connectivity index (χ3n) is 4.80. The summed E-state index contributed by atoms with van der Waals surface area (Å²) in [5.74, 6) is 1.67. The van der Waals surface area contributed by atoms with Crippen LogP contribution in [0.4, 0.5) is 0 Å². The molecule has 0 aromatic rings. The highest BCUT2D eigenvalue weighted by Gasteiger charge is 2.43. The molecular formula is C13H21NO4S2. The minimum absolute atomic E-state index is 0.0802. The van der Waals surface area contributed by atoms with Gasteiger partial charge in [0, 0.05) is 24.3 Å². The van der Waals surface area contributed by atoms with Crippen molar-refractivity contribution in [1.29, 1.82) is 0 Å². The SMILES string of the molecule is O=C(CSC1CCS(=O)(=O)C1)N1CC2CCC(O)C2C1. The second-order valence-corrected chi connectivity index (χ2v) is 9.72. The first kappa shape index (κ1) is 14.7. The van der Waals surface area contributed by atoms with Gasteiger partial charge in [0.05, 0.1) is 23.4 Å². The molecule has 4 unspecified atom stereocenters. The van der Waals surface area contributed by atoms with Crippen LogP contribution in [-0.4, -0.2) is 66.0 Å². The van der Waals surface area contributed by atoms with Crippen LogP contribution in [-0.2, 0) is 14.6 Å². The number of sulfone groups is 1. The van der Waals surface area contributed by atoms with E-state index < -0.39 is 9.84 Å². The largest absolute Gasteiger partial charge is 0.393 e. The minimum Gasteiger partial charge on any atom is -0.393 e. The predicted octanol–water partition coefficient (Wildman–Crippen LogP) is 0.136. The molecule has 0 spiro atoms. The number of hydrogen-bond donors (Lipinski definition) is 1. The van der Waals surface area contributed by atoms with Gasteiger partial charge in [0.2, 0.25) is 5.91 Å². The fourth-order valence-electron chi connectivity index (χ4n) is 3.61. The van der Waals surface area contributed by atoms with Crippen molar-refractivity contribution in [1.82, 2.24) is 4.90 Å². The van der Waals surface area contributed by atoms with Gasteiger partial charge in [-0.05, 0) is 25.2 Å². The summed E-state index contributed by atoms with van der Waals surface area (Å²) in [5.41, 5.74) is 0. The second-order valence-electron chi connectivity index (χ2n) is 6.20. The van der Waals surface area contributed by atoms with Crippen molar-refractivity contribution < 1.29 is 18.3 Å². The van der Waals surface area contributed by atoms with Gasteiger partial charge in [-0.1, -0.05) is 0 Å². The normalized spacial score (nSPS) is 39.1. The Bertz CT molecular complexity index is 493. The Morgan fingerprint density at radius 2 is 2.05 bits per heavy atom. The summed E-state index contributed by atoms with van der Waals surface area (Å²) in [6, 6.07) is 0. The maximum Gasteiger partial charge on any atom is 0.232 e. The lowest BCUT2D eigenvalue weighted by Gasteiger charge is -2.19. The molecule has 4 atom stereocenters. The van der Waals surface area contributed by atoms with E-state index in [0.29, 0.717) is 24.6 Å². The Balaban J connectivity index is 1.46. The quantitative estimate of drug-likeness (QED) is 0.801. The average Bonchev–Trinajstić information content (AvgIpc) is 3.03. The van der Waals surface area contributed by atoms with Crippen LogP contribution in [0.1, 0.15) is 19.3 Å². The Kier molecular flexibility index (Phi) is 4.03. The third kappa shape index (κ3) is 2.99. The van der Waals surface area contributed by atoms with Crippen LogP contribution in [0.15, 0.2) is 0 Å². The third-order valence-corrected chi connectivity index (χ3v) is 8.07. The van der Waals surface area contributed by atoms with Crippen molar-refractivity contribution in [3.63, 3.8) is 0 Å². The molecule has 1 amide bonds. The maximum absolute atomic E-state index is 12.2. The van der Waals surface area contributed by atoms with Gasteiger partial charge in [-0.25, -0.2) is 8.42 Å². The van der Waals surface area contributed by atoms with Gasteiger partial charge in [0.15, 0.2) is 9.84 Å². The average molecular weight is 319 g/mol. The Hall–Kier alpha value is -0.270. The molecule has 20 heavy (non-hydrogen) atoms. The van der Waals surface area contributed by atoms with E-state index >= 15 is 0 Å². The van der Waals surface area contributed by atoms with Crippen molar-refractivity contribution >= 4 is 27.5 Å². The summed E-state index contributed by atoms with van der Waals surface area (Å²) in [5, 5.41) is 9.93. The molecule has 3 fully saturated rings. The summed E-state index contributed by atoms with van der Waals surface area (Å²) in [4.78, 5) is 14.0. The lowest BCUT2D eigenvalue weighted by molar-refractivity contribution is -0.127. The number of amides is 1. The molecule has 2 aliphatic heterocycles. The summed E-state index contributed by atoms with van der Waals surface area (Å²) in [7, 11) is -2.86. The van der Waals surface area contributed by atoms with E-state index in [2.05, 4.69) is 0 Å². The van der Waals surface area contributed by atoms with Crippen LogP contribution in [0, 0.1) is 11.8 Å². The molecule has 3 aliphatic rings. The van der Waals surface area contributed by atoms with Crippen molar-refractivity contribution in [3.8, 4) is 0 Å². The van der Waals surface area contributed by atoms with E-state index in [0.717, 1.165) is 19.4 Å². The van der Waals surface area contributed by atoms with E-state index in [-0.39, 0.29) is 34.7 Å². The van der Waals surface area contributed by atoms with Crippen LogP contribution < -0.4 is 0 Å². The maximum atomic E-state index is 12.2. The van der Waals surface area contributed by atoms with Crippen molar-refractivity contribution in [2.75, 3.05) is 30.3 Å². The molecule has 2 saturated heterocycles. The zero-order valence-electron chi connectivity index (χ0n) is 11.4. The number of nitrogens with zero attached hydrogens (tertiary/aromatic N) is 1. The molecule has 1 saturated carbocycles. The van der Waals surface area contributed by atoms with Gasteiger partial charge in [0.25, 0.3) is 0 Å². The molecule has 0 aromatic heterocycles. The van der Waals surface area contributed by atoms with Gasteiger partial charge in [0.1, 0.15) is 0 Å². The number of rotatable bonds is 3. The number of hydrogen-bond acceptors (Lipinski definition) is 5. The summed E-state index contributed by atoms with van der Waals surface area (Å²) in [6.07, 6.45) is 2.31. The number of carbonyl (C=O) groups is 1. The van der Waals surface area contributed by atoms with E-state index in [9.17, 15) is 18.3 Å². The standard InChI is InChI=1S/C13H21NO4S2/c15-12-2-1-9-5-14(6-11(9)12)13(16)7-19-10-3-4-20(17,18)8-10/h9-12,15H,1-8H2. The van der Waals surface area contributed by atoms with Crippen LogP contribution >= 0.6 is 11.8 Å². The number of aliphatic hydroxyl groups is 1.